The molecular formula is C27H32N4O6S. The molecule has 3 aromatic heterocycles. The van der Waals surface area contributed by atoms with Crippen molar-refractivity contribution in [2.45, 2.75) is 75.9 Å². The molecular weight excluding hydrogens is 508 g/mol. The highest BCUT2D eigenvalue weighted by Crippen LogP contribution is 2.39. The van der Waals surface area contributed by atoms with Gasteiger partial charge in [-0.05, 0) is 51.3 Å². The summed E-state index contributed by atoms with van der Waals surface area (Å²) in [5, 5.41) is 14.9. The van der Waals surface area contributed by atoms with Crippen molar-refractivity contribution in [1.82, 2.24) is 15.0 Å². The lowest BCUT2D eigenvalue weighted by atomic mass is 9.84. The molecule has 0 aromatic carbocycles. The Bertz CT molecular complexity index is 1540. The van der Waals surface area contributed by atoms with E-state index in [4.69, 9.17) is 14.5 Å². The average Bonchev–Trinajstić information content (AvgIpc) is 2.77. The normalized spacial score (nSPS) is 22.8. The zero-order chi connectivity index (χ0) is 27.6. The average molecular weight is 541 g/mol. The summed E-state index contributed by atoms with van der Waals surface area (Å²) in [5.41, 5.74) is -0.179. The SMILES string of the molecule is C[C@@H]1c2nc(Nc3cc4c(C(C)(C)O)cnc(O[C@H]5C[C@@H](S(C)(=O)=O)C5)c4cn3)ccc2C(=O)OC1(C)C. The van der Waals surface area contributed by atoms with E-state index in [0.717, 1.165) is 0 Å². The highest BCUT2D eigenvalue weighted by molar-refractivity contribution is 7.91. The molecule has 1 atom stereocenters. The van der Waals surface area contributed by atoms with E-state index in [1.54, 1.807) is 44.4 Å². The first-order chi connectivity index (χ1) is 17.6. The van der Waals surface area contributed by atoms with Gasteiger partial charge in [-0.1, -0.05) is 6.92 Å². The number of hydrogen-bond acceptors (Lipinski definition) is 10. The minimum Gasteiger partial charge on any atom is -0.474 e. The molecule has 1 aliphatic heterocycles. The molecule has 202 valence electrons. The van der Waals surface area contributed by atoms with Crippen molar-refractivity contribution in [2.24, 2.45) is 0 Å². The summed E-state index contributed by atoms with van der Waals surface area (Å²) in [6.07, 6.45) is 4.99. The van der Waals surface area contributed by atoms with E-state index in [1.807, 2.05) is 20.8 Å². The van der Waals surface area contributed by atoms with Crippen LogP contribution in [0, 0.1) is 0 Å². The van der Waals surface area contributed by atoms with E-state index in [2.05, 4.69) is 15.3 Å². The number of carbonyl (C=O) groups excluding carboxylic acids is 1. The van der Waals surface area contributed by atoms with Gasteiger partial charge in [-0.2, -0.15) is 0 Å². The maximum Gasteiger partial charge on any atom is 0.340 e. The zero-order valence-electron chi connectivity index (χ0n) is 22.3. The Kier molecular flexibility index (Phi) is 6.14. The monoisotopic (exact) mass is 540 g/mol. The molecule has 3 aromatic rings. The highest BCUT2D eigenvalue weighted by Gasteiger charge is 2.40. The van der Waals surface area contributed by atoms with E-state index >= 15 is 0 Å². The summed E-state index contributed by atoms with van der Waals surface area (Å²) in [6, 6.07) is 5.18. The number of pyridine rings is 3. The number of hydrogen-bond donors (Lipinski definition) is 2. The van der Waals surface area contributed by atoms with Crippen LogP contribution in [-0.4, -0.2) is 57.7 Å². The molecule has 0 amide bonds. The van der Waals surface area contributed by atoms with Gasteiger partial charge in [0, 0.05) is 43.0 Å². The second kappa shape index (κ2) is 8.88. The third-order valence-electron chi connectivity index (χ3n) is 7.54. The number of nitrogens with zero attached hydrogens (tertiary/aromatic N) is 3. The van der Waals surface area contributed by atoms with E-state index in [0.29, 0.717) is 58.0 Å². The number of sulfone groups is 1. The number of esters is 1. The number of rotatable bonds is 6. The molecule has 0 radical (unpaired) electrons. The minimum absolute atomic E-state index is 0.108. The van der Waals surface area contributed by atoms with Crippen LogP contribution in [0.25, 0.3) is 10.8 Å². The van der Waals surface area contributed by atoms with Crippen molar-refractivity contribution in [3.05, 3.63) is 47.4 Å². The summed E-state index contributed by atoms with van der Waals surface area (Å²) in [4.78, 5) is 26.1. The lowest BCUT2D eigenvalue weighted by Gasteiger charge is -2.36. The van der Waals surface area contributed by atoms with Crippen LogP contribution in [0.15, 0.2) is 30.6 Å². The molecule has 2 N–H and O–H groups in total. The Morgan fingerprint density at radius 1 is 1.13 bits per heavy atom. The first-order valence-electron chi connectivity index (χ1n) is 12.5. The zero-order valence-corrected chi connectivity index (χ0v) is 23.1. The summed E-state index contributed by atoms with van der Waals surface area (Å²) in [6.45, 7) is 9.05. The topological polar surface area (TPSA) is 141 Å². The molecule has 1 saturated carbocycles. The van der Waals surface area contributed by atoms with Crippen LogP contribution < -0.4 is 10.1 Å². The third-order valence-corrected chi connectivity index (χ3v) is 9.14. The molecule has 10 nitrogen and oxygen atoms in total. The quantitative estimate of drug-likeness (QED) is 0.441. The van der Waals surface area contributed by atoms with Gasteiger partial charge in [0.2, 0.25) is 5.88 Å². The van der Waals surface area contributed by atoms with E-state index < -0.39 is 32.3 Å². The molecule has 0 spiro atoms. The van der Waals surface area contributed by atoms with Gasteiger partial charge in [-0.3, -0.25) is 0 Å². The predicted molar refractivity (Wildman–Crippen MR) is 142 cm³/mol. The van der Waals surface area contributed by atoms with Gasteiger partial charge in [-0.25, -0.2) is 28.2 Å². The summed E-state index contributed by atoms with van der Waals surface area (Å²) in [5.74, 6) is 0.840. The van der Waals surface area contributed by atoms with E-state index in [1.165, 1.54) is 6.26 Å². The Balaban J connectivity index is 1.47. The van der Waals surface area contributed by atoms with E-state index in [9.17, 15) is 18.3 Å². The largest absolute Gasteiger partial charge is 0.474 e. The molecule has 0 bridgehead atoms. The van der Waals surface area contributed by atoms with Gasteiger partial charge in [0.25, 0.3) is 0 Å². The summed E-state index contributed by atoms with van der Waals surface area (Å²) in [7, 11) is -3.10. The van der Waals surface area contributed by atoms with Crippen LogP contribution in [0.3, 0.4) is 0 Å². The lowest BCUT2D eigenvalue weighted by Crippen LogP contribution is -2.42. The third kappa shape index (κ3) is 4.80. The highest BCUT2D eigenvalue weighted by atomic mass is 32.2. The van der Waals surface area contributed by atoms with Crippen molar-refractivity contribution in [3.8, 4) is 5.88 Å². The number of aromatic nitrogens is 3. The van der Waals surface area contributed by atoms with Crippen LogP contribution in [0.4, 0.5) is 11.6 Å². The Hall–Kier alpha value is -3.31. The second-order valence-corrected chi connectivity index (χ2v) is 13.6. The van der Waals surface area contributed by atoms with Gasteiger partial charge < -0.3 is 19.9 Å². The van der Waals surface area contributed by atoms with Gasteiger partial charge in [0.15, 0.2) is 9.84 Å². The first kappa shape index (κ1) is 26.3. The number of cyclic esters (lactones) is 1. The van der Waals surface area contributed by atoms with Gasteiger partial charge >= 0.3 is 5.97 Å². The van der Waals surface area contributed by atoms with Crippen LogP contribution in [0.1, 0.15) is 75.0 Å². The summed E-state index contributed by atoms with van der Waals surface area (Å²) < 4.78 is 35.1. The molecule has 4 heterocycles. The Morgan fingerprint density at radius 2 is 1.84 bits per heavy atom. The fourth-order valence-electron chi connectivity index (χ4n) is 4.77. The number of ether oxygens (including phenoxy) is 2. The van der Waals surface area contributed by atoms with Crippen molar-refractivity contribution < 1.29 is 27.8 Å². The molecule has 11 heteroatoms. The van der Waals surface area contributed by atoms with Gasteiger partial charge in [0.1, 0.15) is 23.3 Å². The number of carbonyl (C=O) groups is 1. The predicted octanol–water partition coefficient (Wildman–Crippen LogP) is 4.00. The molecule has 1 aliphatic carbocycles. The fraction of sp³-hybridized carbons (Fsp3) is 0.481. The Labute approximate surface area is 221 Å². The molecule has 2 aliphatic rings. The van der Waals surface area contributed by atoms with Crippen molar-refractivity contribution in [3.63, 3.8) is 0 Å². The number of aliphatic hydroxyl groups is 1. The van der Waals surface area contributed by atoms with Crippen molar-refractivity contribution in [1.29, 1.82) is 0 Å². The number of nitrogens with one attached hydrogen (secondary N) is 1. The standard InChI is InChI=1S/C27H32N4O6S/c1-14-23-17(25(32)37-27(14,4)5)7-8-21(31-23)30-22-11-18-19(12-28-22)24(29-13-20(18)26(2,3)33)36-15-9-16(10-15)38(6,34)35/h7-8,11-16,33H,9-10H2,1-6H3,(H,28,30,31)/t14-,15-,16+/m1/s1. The molecule has 38 heavy (non-hydrogen) atoms. The van der Waals surface area contributed by atoms with Gasteiger partial charge in [-0.15, -0.1) is 0 Å². The van der Waals surface area contributed by atoms with Gasteiger partial charge in [0.05, 0.1) is 27.5 Å². The second-order valence-electron chi connectivity index (χ2n) is 11.3. The smallest absolute Gasteiger partial charge is 0.340 e. The lowest BCUT2D eigenvalue weighted by molar-refractivity contribution is -0.0189. The number of anilines is 2. The van der Waals surface area contributed by atoms with E-state index in [-0.39, 0.29) is 12.0 Å². The van der Waals surface area contributed by atoms with Crippen LogP contribution >= 0.6 is 0 Å². The molecule has 5 rings (SSSR count). The van der Waals surface area contributed by atoms with Crippen molar-refractivity contribution in [2.75, 3.05) is 11.6 Å². The molecule has 0 unspecified atom stereocenters. The maximum atomic E-state index is 12.4. The van der Waals surface area contributed by atoms with Crippen LogP contribution in [-0.2, 0) is 20.2 Å². The number of fused-ring (bicyclic) bond motifs is 2. The maximum absolute atomic E-state index is 12.4. The van der Waals surface area contributed by atoms with Crippen molar-refractivity contribution >= 4 is 38.2 Å². The van der Waals surface area contributed by atoms with Crippen LogP contribution in [0.2, 0.25) is 0 Å². The Morgan fingerprint density at radius 3 is 2.50 bits per heavy atom. The first-order valence-corrected chi connectivity index (χ1v) is 14.5. The fourth-order valence-corrected chi connectivity index (χ4v) is 5.90. The van der Waals surface area contributed by atoms with Crippen LogP contribution in [0.5, 0.6) is 5.88 Å². The molecule has 1 fully saturated rings. The summed E-state index contributed by atoms with van der Waals surface area (Å²) >= 11 is 0. The minimum atomic E-state index is -3.10. The molecule has 0 saturated heterocycles.